The van der Waals surface area contributed by atoms with Gasteiger partial charge in [0.15, 0.2) is 0 Å². The fraction of sp³-hybridized carbons (Fsp3) is 0.435. The molecule has 0 bridgehead atoms. The molecule has 30 heavy (non-hydrogen) atoms. The molecule has 2 N–H and O–H groups in total. The number of hydrogen-bond donors (Lipinski definition) is 2. The van der Waals surface area contributed by atoms with E-state index in [-0.39, 0.29) is 23.8 Å². The highest BCUT2D eigenvalue weighted by Crippen LogP contribution is 2.24. The van der Waals surface area contributed by atoms with Crippen molar-refractivity contribution in [1.29, 1.82) is 0 Å². The molecule has 1 fully saturated rings. The highest BCUT2D eigenvalue weighted by atomic mass is 16.2. The summed E-state index contributed by atoms with van der Waals surface area (Å²) >= 11 is 0. The van der Waals surface area contributed by atoms with E-state index in [4.69, 9.17) is 0 Å². The summed E-state index contributed by atoms with van der Waals surface area (Å²) < 4.78 is 0. The topological polar surface area (TPSA) is 77.6 Å². The van der Waals surface area contributed by atoms with Crippen molar-refractivity contribution in [2.24, 2.45) is 0 Å². The van der Waals surface area contributed by atoms with E-state index in [9.17, 15) is 9.59 Å². The van der Waals surface area contributed by atoms with Gasteiger partial charge in [-0.2, -0.15) is 0 Å². The van der Waals surface area contributed by atoms with E-state index in [0.717, 1.165) is 19.6 Å². The lowest BCUT2D eigenvalue weighted by molar-refractivity contribution is -0.114. The highest BCUT2D eigenvalue weighted by Gasteiger charge is 2.24. The molecule has 0 saturated carbocycles. The molecule has 7 heteroatoms. The highest BCUT2D eigenvalue weighted by molar-refractivity contribution is 6.02. The molecule has 2 aliphatic rings. The van der Waals surface area contributed by atoms with Crippen LogP contribution in [0, 0.1) is 0 Å². The van der Waals surface area contributed by atoms with Crippen molar-refractivity contribution < 1.29 is 9.59 Å². The van der Waals surface area contributed by atoms with E-state index in [1.165, 1.54) is 11.1 Å². The van der Waals surface area contributed by atoms with Crippen molar-refractivity contribution in [3.63, 3.8) is 0 Å². The minimum Gasteiger partial charge on any atom is -0.359 e. The Morgan fingerprint density at radius 2 is 1.80 bits per heavy atom. The molecule has 0 spiro atoms. The summed E-state index contributed by atoms with van der Waals surface area (Å²) in [5.41, 5.74) is 3.87. The summed E-state index contributed by atoms with van der Waals surface area (Å²) in [6, 6.07) is 10.5. The monoisotopic (exact) mass is 407 g/mol. The average Bonchev–Trinajstić information content (AvgIpc) is 2.73. The lowest BCUT2D eigenvalue weighted by Gasteiger charge is -2.35. The van der Waals surface area contributed by atoms with Crippen LogP contribution in [0.15, 0.2) is 36.5 Å². The van der Waals surface area contributed by atoms with Crippen LogP contribution < -0.4 is 10.6 Å². The molecular weight excluding hydrogens is 378 g/mol. The molecule has 2 aliphatic heterocycles. The van der Waals surface area contributed by atoms with Crippen molar-refractivity contribution in [1.82, 2.24) is 14.8 Å². The number of rotatable bonds is 3. The first-order chi connectivity index (χ1) is 14.3. The summed E-state index contributed by atoms with van der Waals surface area (Å²) in [4.78, 5) is 33.0. The molecule has 0 aliphatic carbocycles. The second-order valence-corrected chi connectivity index (χ2v) is 9.04. The SMILES string of the molecule is CC(C)(C)c1ccc(CN2CCN(C(=O)c3cnc4c(c3)NC(=O)CN4)CC2)cc1. The van der Waals surface area contributed by atoms with Crippen LogP contribution in [0.3, 0.4) is 0 Å². The number of benzene rings is 1. The van der Waals surface area contributed by atoms with Crippen LogP contribution in [0.5, 0.6) is 0 Å². The molecule has 3 heterocycles. The summed E-state index contributed by atoms with van der Waals surface area (Å²) in [6.07, 6.45) is 1.58. The predicted molar refractivity (Wildman–Crippen MR) is 118 cm³/mol. The molecular formula is C23H29N5O2. The predicted octanol–water partition coefficient (Wildman–Crippen LogP) is 2.70. The van der Waals surface area contributed by atoms with Gasteiger partial charge in [-0.3, -0.25) is 14.5 Å². The second-order valence-electron chi connectivity index (χ2n) is 9.04. The lowest BCUT2D eigenvalue weighted by Crippen LogP contribution is -2.48. The van der Waals surface area contributed by atoms with Crippen molar-refractivity contribution in [2.45, 2.75) is 32.7 Å². The van der Waals surface area contributed by atoms with E-state index in [0.29, 0.717) is 30.2 Å². The van der Waals surface area contributed by atoms with Crippen molar-refractivity contribution in [2.75, 3.05) is 43.4 Å². The molecule has 2 aromatic rings. The molecule has 0 radical (unpaired) electrons. The number of amides is 2. The zero-order chi connectivity index (χ0) is 21.3. The number of piperazine rings is 1. The standard InChI is InChI=1S/C23H29N5O2/c1-23(2,3)18-6-4-16(5-7-18)15-27-8-10-28(11-9-27)22(30)17-12-19-21(24-13-17)25-14-20(29)26-19/h4-7,12-13H,8-11,14-15H2,1-3H3,(H,24,25)(H,26,29). The van der Waals surface area contributed by atoms with Crippen LogP contribution in [-0.4, -0.2) is 59.3 Å². The Hall–Kier alpha value is -2.93. The van der Waals surface area contributed by atoms with Gasteiger partial charge in [-0.1, -0.05) is 45.0 Å². The summed E-state index contributed by atoms with van der Waals surface area (Å²) in [5, 5.41) is 5.71. The first kappa shape index (κ1) is 20.3. The molecule has 0 atom stereocenters. The number of nitrogens with one attached hydrogen (secondary N) is 2. The zero-order valence-electron chi connectivity index (χ0n) is 17.9. The number of nitrogens with zero attached hydrogens (tertiary/aromatic N) is 3. The maximum Gasteiger partial charge on any atom is 0.255 e. The van der Waals surface area contributed by atoms with Crippen LogP contribution in [0.1, 0.15) is 42.3 Å². The Balaban J connectivity index is 1.34. The van der Waals surface area contributed by atoms with Gasteiger partial charge >= 0.3 is 0 Å². The number of carbonyl (C=O) groups is 2. The van der Waals surface area contributed by atoms with Gasteiger partial charge in [-0.05, 0) is 22.6 Å². The third-order valence-corrected chi connectivity index (χ3v) is 5.71. The van der Waals surface area contributed by atoms with Gasteiger partial charge < -0.3 is 15.5 Å². The zero-order valence-corrected chi connectivity index (χ0v) is 17.9. The maximum atomic E-state index is 12.9. The average molecular weight is 408 g/mol. The van der Waals surface area contributed by atoms with Gasteiger partial charge in [0.1, 0.15) is 5.82 Å². The van der Waals surface area contributed by atoms with Gasteiger partial charge in [-0.25, -0.2) is 4.98 Å². The molecule has 1 saturated heterocycles. The largest absolute Gasteiger partial charge is 0.359 e. The number of hydrogen-bond acceptors (Lipinski definition) is 5. The number of carbonyl (C=O) groups excluding carboxylic acids is 2. The van der Waals surface area contributed by atoms with E-state index < -0.39 is 0 Å². The van der Waals surface area contributed by atoms with Crippen molar-refractivity contribution in [3.8, 4) is 0 Å². The van der Waals surface area contributed by atoms with Gasteiger partial charge in [0.05, 0.1) is 17.8 Å². The van der Waals surface area contributed by atoms with Crippen molar-refractivity contribution >= 4 is 23.3 Å². The van der Waals surface area contributed by atoms with Crippen LogP contribution in [-0.2, 0) is 16.8 Å². The van der Waals surface area contributed by atoms with Crippen LogP contribution in [0.2, 0.25) is 0 Å². The summed E-state index contributed by atoms with van der Waals surface area (Å²) in [5.74, 6) is 0.436. The van der Waals surface area contributed by atoms with E-state index in [1.807, 2.05) is 4.90 Å². The number of pyridine rings is 1. The Morgan fingerprint density at radius 3 is 2.47 bits per heavy atom. The van der Waals surface area contributed by atoms with Crippen molar-refractivity contribution in [3.05, 3.63) is 53.2 Å². The van der Waals surface area contributed by atoms with E-state index in [1.54, 1.807) is 12.3 Å². The first-order valence-electron chi connectivity index (χ1n) is 10.4. The molecule has 1 aromatic heterocycles. The third-order valence-electron chi connectivity index (χ3n) is 5.71. The number of aromatic nitrogens is 1. The van der Waals surface area contributed by atoms with Crippen LogP contribution >= 0.6 is 0 Å². The minimum absolute atomic E-state index is 0.0423. The smallest absolute Gasteiger partial charge is 0.255 e. The fourth-order valence-corrected chi connectivity index (χ4v) is 3.84. The van der Waals surface area contributed by atoms with E-state index in [2.05, 4.69) is 65.6 Å². The summed E-state index contributed by atoms with van der Waals surface area (Å²) in [6.45, 7) is 10.8. The van der Waals surface area contributed by atoms with Gasteiger partial charge in [0, 0.05) is 38.9 Å². The molecule has 4 rings (SSSR count). The number of anilines is 2. The van der Waals surface area contributed by atoms with Gasteiger partial charge in [0.25, 0.3) is 5.91 Å². The Bertz CT molecular complexity index is 941. The maximum absolute atomic E-state index is 12.9. The Kier molecular flexibility index (Phi) is 5.47. The minimum atomic E-state index is -0.127. The molecule has 0 unspecified atom stereocenters. The number of fused-ring (bicyclic) bond motifs is 1. The van der Waals surface area contributed by atoms with Crippen LogP contribution in [0.25, 0.3) is 0 Å². The molecule has 7 nitrogen and oxygen atoms in total. The summed E-state index contributed by atoms with van der Waals surface area (Å²) in [7, 11) is 0. The molecule has 158 valence electrons. The van der Waals surface area contributed by atoms with Crippen LogP contribution in [0.4, 0.5) is 11.5 Å². The quantitative estimate of drug-likeness (QED) is 0.818. The van der Waals surface area contributed by atoms with Gasteiger partial charge in [0.2, 0.25) is 5.91 Å². The Morgan fingerprint density at radius 1 is 1.10 bits per heavy atom. The Labute approximate surface area is 177 Å². The first-order valence-corrected chi connectivity index (χ1v) is 10.4. The molecule has 2 amide bonds. The second kappa shape index (κ2) is 8.07. The normalized spacial score (nSPS) is 17.2. The van der Waals surface area contributed by atoms with Gasteiger partial charge in [-0.15, -0.1) is 0 Å². The fourth-order valence-electron chi connectivity index (χ4n) is 3.84. The molecule has 1 aromatic carbocycles. The third kappa shape index (κ3) is 4.46. The van der Waals surface area contributed by atoms with E-state index >= 15 is 0 Å². The lowest BCUT2D eigenvalue weighted by atomic mass is 9.87.